The number of nitrogens with zero attached hydrogens (tertiary/aromatic N) is 1. The second-order valence-corrected chi connectivity index (χ2v) is 6.74. The smallest absolute Gasteiger partial charge is 0.238 e. The molecule has 1 atom stereocenters. The summed E-state index contributed by atoms with van der Waals surface area (Å²) in [6.45, 7) is 1.33. The van der Waals surface area contributed by atoms with E-state index in [0.717, 1.165) is 19.4 Å². The van der Waals surface area contributed by atoms with Gasteiger partial charge in [-0.25, -0.2) is 0 Å². The summed E-state index contributed by atoms with van der Waals surface area (Å²) in [5.74, 6) is 1.27. The van der Waals surface area contributed by atoms with E-state index in [-0.39, 0.29) is 5.91 Å². The number of rotatable bonds is 6. The number of carbonyl (C=O) groups excluding carboxylic acids is 1. The van der Waals surface area contributed by atoms with Crippen molar-refractivity contribution in [1.82, 2.24) is 4.90 Å². The molecule has 3 rings (SSSR count). The predicted molar refractivity (Wildman–Crippen MR) is 96.0 cm³/mol. The molecule has 1 amide bonds. The largest absolute Gasteiger partial charge is 0.497 e. The fourth-order valence-corrected chi connectivity index (χ4v) is 4.00. The van der Waals surface area contributed by atoms with Crippen LogP contribution in [0, 0.1) is 0 Å². The molecule has 1 N–H and O–H groups in total. The van der Waals surface area contributed by atoms with Crippen molar-refractivity contribution in [3.8, 4) is 11.5 Å². The maximum Gasteiger partial charge on any atom is 0.238 e. The normalized spacial score (nSPS) is 17.7. The number of ether oxygens (including phenoxy) is 2. The van der Waals surface area contributed by atoms with Crippen LogP contribution in [0.1, 0.15) is 23.8 Å². The van der Waals surface area contributed by atoms with Crippen molar-refractivity contribution in [2.45, 2.75) is 18.9 Å². The number of methoxy groups -OCH3 is 2. The zero-order valence-corrected chi connectivity index (χ0v) is 14.8. The van der Waals surface area contributed by atoms with E-state index in [1.54, 1.807) is 37.7 Å². The monoisotopic (exact) mass is 346 g/mol. The summed E-state index contributed by atoms with van der Waals surface area (Å²) in [7, 11) is 3.19. The van der Waals surface area contributed by atoms with Gasteiger partial charge in [-0.15, -0.1) is 11.3 Å². The highest BCUT2D eigenvalue weighted by molar-refractivity contribution is 7.10. The number of hydrogen-bond acceptors (Lipinski definition) is 5. The summed E-state index contributed by atoms with van der Waals surface area (Å²) in [6, 6.07) is 9.94. The van der Waals surface area contributed by atoms with Gasteiger partial charge >= 0.3 is 0 Å². The number of anilines is 1. The van der Waals surface area contributed by atoms with Crippen LogP contribution in [0.3, 0.4) is 0 Å². The number of nitrogens with one attached hydrogen (secondary N) is 1. The minimum Gasteiger partial charge on any atom is -0.497 e. The molecular formula is C18H22N2O3S. The lowest BCUT2D eigenvalue weighted by molar-refractivity contribution is -0.117. The summed E-state index contributed by atoms with van der Waals surface area (Å²) in [5, 5.41) is 5.04. The molecule has 6 heteroatoms. The SMILES string of the molecule is COc1ccc(OC)c(NC(=O)CN2CCC[C@H]2c2cccs2)c1. The van der Waals surface area contributed by atoms with Crippen molar-refractivity contribution in [3.63, 3.8) is 0 Å². The summed E-state index contributed by atoms with van der Waals surface area (Å²) in [4.78, 5) is 16.1. The molecule has 0 aliphatic carbocycles. The molecule has 1 saturated heterocycles. The molecule has 0 bridgehead atoms. The van der Waals surface area contributed by atoms with Gasteiger partial charge in [0, 0.05) is 17.0 Å². The molecule has 0 spiro atoms. The maximum atomic E-state index is 12.5. The van der Waals surface area contributed by atoms with E-state index >= 15 is 0 Å². The van der Waals surface area contributed by atoms with Crippen molar-refractivity contribution in [1.29, 1.82) is 0 Å². The first-order valence-electron chi connectivity index (χ1n) is 8.00. The Balaban J connectivity index is 1.67. The predicted octanol–water partition coefficient (Wildman–Crippen LogP) is 3.54. The summed E-state index contributed by atoms with van der Waals surface area (Å²) >= 11 is 1.76. The first kappa shape index (κ1) is 16.8. The molecule has 0 saturated carbocycles. The second-order valence-electron chi connectivity index (χ2n) is 5.76. The van der Waals surface area contributed by atoms with Gasteiger partial charge in [-0.05, 0) is 43.0 Å². The highest BCUT2D eigenvalue weighted by Gasteiger charge is 2.28. The standard InChI is InChI=1S/C18H22N2O3S/c1-22-13-7-8-16(23-2)14(11-13)19-18(21)12-20-9-3-5-15(20)17-6-4-10-24-17/h4,6-8,10-11,15H,3,5,9,12H2,1-2H3,(H,19,21)/t15-/m0/s1. The van der Waals surface area contributed by atoms with Crippen molar-refractivity contribution < 1.29 is 14.3 Å². The first-order chi connectivity index (χ1) is 11.7. The lowest BCUT2D eigenvalue weighted by Crippen LogP contribution is -2.32. The van der Waals surface area contributed by atoms with Crippen LogP contribution < -0.4 is 14.8 Å². The Kier molecular flexibility index (Phi) is 5.37. The van der Waals surface area contributed by atoms with E-state index in [2.05, 4.69) is 27.7 Å². The maximum absolute atomic E-state index is 12.5. The zero-order chi connectivity index (χ0) is 16.9. The van der Waals surface area contributed by atoms with Crippen LogP contribution in [0.2, 0.25) is 0 Å². The molecule has 1 aliphatic heterocycles. The molecule has 1 aromatic carbocycles. The summed E-state index contributed by atoms with van der Waals surface area (Å²) in [6.07, 6.45) is 2.23. The topological polar surface area (TPSA) is 50.8 Å². The zero-order valence-electron chi connectivity index (χ0n) is 14.0. The minimum atomic E-state index is -0.0370. The van der Waals surface area contributed by atoms with Gasteiger partial charge in [0.1, 0.15) is 11.5 Å². The second kappa shape index (κ2) is 7.68. The van der Waals surface area contributed by atoms with Crippen LogP contribution in [-0.2, 0) is 4.79 Å². The lowest BCUT2D eigenvalue weighted by Gasteiger charge is -2.23. The molecule has 2 aromatic rings. The van der Waals surface area contributed by atoms with E-state index in [0.29, 0.717) is 29.8 Å². The van der Waals surface area contributed by atoms with Gasteiger partial charge in [-0.3, -0.25) is 9.69 Å². The number of amides is 1. The van der Waals surface area contributed by atoms with Gasteiger partial charge in [0.25, 0.3) is 0 Å². The van der Waals surface area contributed by atoms with Gasteiger partial charge in [0.05, 0.1) is 26.5 Å². The Hall–Kier alpha value is -2.05. The number of hydrogen-bond donors (Lipinski definition) is 1. The van der Waals surface area contributed by atoms with Gasteiger partial charge in [-0.1, -0.05) is 6.07 Å². The van der Waals surface area contributed by atoms with Crippen LogP contribution in [0.5, 0.6) is 11.5 Å². The van der Waals surface area contributed by atoms with Crippen LogP contribution in [0.4, 0.5) is 5.69 Å². The Bertz CT molecular complexity index is 688. The highest BCUT2D eigenvalue weighted by Crippen LogP contribution is 2.34. The fraction of sp³-hybridized carbons (Fsp3) is 0.389. The van der Waals surface area contributed by atoms with Crippen molar-refractivity contribution in [3.05, 3.63) is 40.6 Å². The van der Waals surface area contributed by atoms with Crippen LogP contribution in [0.15, 0.2) is 35.7 Å². The van der Waals surface area contributed by atoms with Gasteiger partial charge in [-0.2, -0.15) is 0 Å². The third-order valence-electron chi connectivity index (χ3n) is 4.26. The molecule has 1 aromatic heterocycles. The quantitative estimate of drug-likeness (QED) is 0.869. The Morgan fingerprint density at radius 3 is 2.92 bits per heavy atom. The molecule has 1 fully saturated rings. The Morgan fingerprint density at radius 2 is 2.21 bits per heavy atom. The molecule has 1 aliphatic rings. The molecule has 2 heterocycles. The molecule has 0 radical (unpaired) electrons. The Labute approximate surface area is 146 Å². The van der Waals surface area contributed by atoms with Crippen LogP contribution in [-0.4, -0.2) is 38.1 Å². The number of thiophene rings is 1. The summed E-state index contributed by atoms with van der Waals surface area (Å²) in [5.41, 5.74) is 0.633. The van der Waals surface area contributed by atoms with Gasteiger partial charge < -0.3 is 14.8 Å². The van der Waals surface area contributed by atoms with Gasteiger partial charge in [0.15, 0.2) is 0 Å². The summed E-state index contributed by atoms with van der Waals surface area (Å²) < 4.78 is 10.5. The van der Waals surface area contributed by atoms with Crippen molar-refractivity contribution >= 4 is 22.9 Å². The average Bonchev–Trinajstić information content (AvgIpc) is 3.25. The molecule has 128 valence electrons. The van der Waals surface area contributed by atoms with E-state index in [9.17, 15) is 4.79 Å². The number of likely N-dealkylation sites (tertiary alicyclic amines) is 1. The third kappa shape index (κ3) is 3.71. The van der Waals surface area contributed by atoms with Gasteiger partial charge in [0.2, 0.25) is 5.91 Å². The molecule has 5 nitrogen and oxygen atoms in total. The van der Waals surface area contributed by atoms with E-state index in [4.69, 9.17) is 9.47 Å². The van der Waals surface area contributed by atoms with E-state index in [1.165, 1.54) is 4.88 Å². The van der Waals surface area contributed by atoms with Crippen molar-refractivity contribution in [2.75, 3.05) is 32.6 Å². The molecule has 24 heavy (non-hydrogen) atoms. The minimum absolute atomic E-state index is 0.0370. The Morgan fingerprint density at radius 1 is 1.33 bits per heavy atom. The lowest BCUT2D eigenvalue weighted by atomic mass is 10.2. The molecule has 0 unspecified atom stereocenters. The van der Waals surface area contributed by atoms with Crippen LogP contribution in [0.25, 0.3) is 0 Å². The fourth-order valence-electron chi connectivity index (χ4n) is 3.10. The van der Waals surface area contributed by atoms with E-state index in [1.807, 2.05) is 6.07 Å². The first-order valence-corrected chi connectivity index (χ1v) is 8.88. The molecular weight excluding hydrogens is 324 g/mol. The highest BCUT2D eigenvalue weighted by atomic mass is 32.1. The number of carbonyl (C=O) groups is 1. The third-order valence-corrected chi connectivity index (χ3v) is 5.24. The van der Waals surface area contributed by atoms with Crippen LogP contribution >= 0.6 is 11.3 Å². The average molecular weight is 346 g/mol. The number of benzene rings is 1. The van der Waals surface area contributed by atoms with Crippen molar-refractivity contribution in [2.24, 2.45) is 0 Å². The van der Waals surface area contributed by atoms with E-state index < -0.39 is 0 Å².